The number of nitrogens with two attached hydrogens (primary N) is 1. The Balaban J connectivity index is 1.75. The Morgan fingerprint density at radius 3 is 2.78 bits per heavy atom. The van der Waals surface area contributed by atoms with Gasteiger partial charge in [0.2, 0.25) is 0 Å². The van der Waals surface area contributed by atoms with E-state index in [9.17, 15) is 4.39 Å². The van der Waals surface area contributed by atoms with Crippen LogP contribution in [0.2, 0.25) is 5.02 Å². The lowest BCUT2D eigenvalue weighted by atomic mass is 10.1. The number of benzene rings is 1. The summed E-state index contributed by atoms with van der Waals surface area (Å²) in [5.41, 5.74) is 8.90. The number of nitrogens with one attached hydrogen (secondary N) is 2. The van der Waals surface area contributed by atoms with Crippen molar-refractivity contribution in [3.05, 3.63) is 71.4 Å². The Morgan fingerprint density at radius 2 is 1.96 bits per heavy atom. The van der Waals surface area contributed by atoms with Crippen molar-refractivity contribution in [2.45, 2.75) is 13.0 Å². The topological polar surface area (TPSA) is 75.9 Å². The zero-order valence-electron chi connectivity index (χ0n) is 14.8. The van der Waals surface area contributed by atoms with Gasteiger partial charge in [0.05, 0.1) is 10.7 Å². The third-order valence-electron chi connectivity index (χ3n) is 3.98. The maximum atomic E-state index is 13.3. The van der Waals surface area contributed by atoms with E-state index in [1.165, 1.54) is 12.1 Å². The van der Waals surface area contributed by atoms with Crippen LogP contribution in [0.15, 0.2) is 55.0 Å². The molecule has 0 saturated carbocycles. The first-order chi connectivity index (χ1) is 13.2. The molecule has 0 fully saturated rings. The molecule has 0 saturated heterocycles. The molecule has 27 heavy (non-hydrogen) atoms. The van der Waals surface area contributed by atoms with Gasteiger partial charge in [-0.3, -0.25) is 4.98 Å². The van der Waals surface area contributed by atoms with Gasteiger partial charge in [0, 0.05) is 42.8 Å². The Kier molecular flexibility index (Phi) is 6.57. The largest absolute Gasteiger partial charge is 0.380 e. The maximum absolute atomic E-state index is 13.3. The Morgan fingerprint density at radius 1 is 1.07 bits per heavy atom. The summed E-state index contributed by atoms with van der Waals surface area (Å²) in [6.07, 6.45) is 5.95. The summed E-state index contributed by atoms with van der Waals surface area (Å²) in [7, 11) is 0. The van der Waals surface area contributed by atoms with Crippen molar-refractivity contribution in [3.63, 3.8) is 0 Å². The van der Waals surface area contributed by atoms with E-state index in [1.54, 1.807) is 24.7 Å². The van der Waals surface area contributed by atoms with Crippen molar-refractivity contribution >= 4 is 23.1 Å². The number of anilines is 2. The molecular formula is C20H21ClFN5. The minimum absolute atomic E-state index is 0.251. The van der Waals surface area contributed by atoms with Crippen LogP contribution in [-0.4, -0.2) is 23.1 Å². The fraction of sp³-hybridized carbons (Fsp3) is 0.200. The van der Waals surface area contributed by atoms with Crippen LogP contribution in [0.3, 0.4) is 0 Å². The first-order valence-electron chi connectivity index (χ1n) is 8.69. The van der Waals surface area contributed by atoms with Crippen molar-refractivity contribution in [2.24, 2.45) is 5.73 Å². The minimum atomic E-state index is -0.251. The summed E-state index contributed by atoms with van der Waals surface area (Å²) in [6.45, 7) is 1.87. The van der Waals surface area contributed by atoms with Crippen LogP contribution in [0.25, 0.3) is 11.1 Å². The summed E-state index contributed by atoms with van der Waals surface area (Å²) in [5.74, 6) is 0.486. The van der Waals surface area contributed by atoms with Crippen LogP contribution < -0.4 is 16.4 Å². The van der Waals surface area contributed by atoms with Gasteiger partial charge in [-0.25, -0.2) is 9.37 Å². The second-order valence-corrected chi connectivity index (χ2v) is 6.47. The highest BCUT2D eigenvalue weighted by molar-refractivity contribution is 6.33. The van der Waals surface area contributed by atoms with E-state index in [4.69, 9.17) is 17.3 Å². The van der Waals surface area contributed by atoms with Crippen molar-refractivity contribution in [2.75, 3.05) is 23.7 Å². The molecule has 5 nitrogen and oxygen atoms in total. The lowest BCUT2D eigenvalue weighted by Crippen LogP contribution is -2.09. The van der Waals surface area contributed by atoms with Gasteiger partial charge in [-0.2, -0.15) is 0 Å². The molecule has 140 valence electrons. The molecule has 0 aliphatic heterocycles. The van der Waals surface area contributed by atoms with E-state index in [2.05, 4.69) is 20.6 Å². The van der Waals surface area contributed by atoms with E-state index < -0.39 is 0 Å². The second-order valence-electron chi connectivity index (χ2n) is 6.06. The number of nitrogens with zero attached hydrogens (tertiary/aromatic N) is 2. The average Bonchev–Trinajstić information content (AvgIpc) is 2.68. The number of halogens is 2. The molecular weight excluding hydrogens is 365 g/mol. The standard InChI is InChI=1S/C20H21ClFN5/c21-19-13-27-20(25-6-2-5-23)9-18(19)15-8-17(12-24-11-15)26-10-14-3-1-4-16(22)7-14/h1,3-4,7-9,11-13,26H,2,5-6,10,23H2,(H,25,27). The highest BCUT2D eigenvalue weighted by atomic mass is 35.5. The lowest BCUT2D eigenvalue weighted by Gasteiger charge is -2.11. The monoisotopic (exact) mass is 385 g/mol. The molecule has 0 aliphatic rings. The predicted octanol–water partition coefficient (Wildman–Crippen LogP) is 4.31. The summed E-state index contributed by atoms with van der Waals surface area (Å²) in [6, 6.07) is 10.3. The van der Waals surface area contributed by atoms with Gasteiger partial charge in [-0.15, -0.1) is 0 Å². The second kappa shape index (κ2) is 9.30. The molecule has 2 aromatic heterocycles. The Hall–Kier alpha value is -2.70. The molecule has 3 aromatic rings. The Bertz CT molecular complexity index is 903. The summed E-state index contributed by atoms with van der Waals surface area (Å²) in [5, 5.41) is 7.03. The molecule has 1 aromatic carbocycles. The van der Waals surface area contributed by atoms with E-state index in [0.29, 0.717) is 18.1 Å². The molecule has 3 rings (SSSR count). The summed E-state index contributed by atoms with van der Waals surface area (Å²) < 4.78 is 13.3. The molecule has 0 spiro atoms. The summed E-state index contributed by atoms with van der Waals surface area (Å²) >= 11 is 6.33. The van der Waals surface area contributed by atoms with Crippen LogP contribution >= 0.6 is 11.6 Å². The molecule has 0 radical (unpaired) electrons. The highest BCUT2D eigenvalue weighted by Crippen LogP contribution is 2.30. The van der Waals surface area contributed by atoms with Crippen molar-refractivity contribution in [1.82, 2.24) is 9.97 Å². The quantitative estimate of drug-likeness (QED) is 0.504. The van der Waals surface area contributed by atoms with Crippen LogP contribution in [0.4, 0.5) is 15.9 Å². The summed E-state index contributed by atoms with van der Waals surface area (Å²) in [4.78, 5) is 8.57. The number of rotatable bonds is 8. The fourth-order valence-electron chi connectivity index (χ4n) is 2.61. The molecule has 0 amide bonds. The van der Waals surface area contributed by atoms with Crippen LogP contribution in [0, 0.1) is 5.82 Å². The predicted molar refractivity (Wildman–Crippen MR) is 108 cm³/mol. The molecule has 7 heteroatoms. The van der Waals surface area contributed by atoms with Gasteiger partial charge in [0.1, 0.15) is 11.6 Å². The zero-order chi connectivity index (χ0) is 19.1. The third kappa shape index (κ3) is 5.39. The van der Waals surface area contributed by atoms with E-state index >= 15 is 0 Å². The number of aromatic nitrogens is 2. The van der Waals surface area contributed by atoms with E-state index in [-0.39, 0.29) is 5.82 Å². The first-order valence-corrected chi connectivity index (χ1v) is 9.07. The SMILES string of the molecule is NCCCNc1cc(-c2cncc(NCc3cccc(F)c3)c2)c(Cl)cn1. The van der Waals surface area contributed by atoms with Gasteiger partial charge >= 0.3 is 0 Å². The van der Waals surface area contributed by atoms with Gasteiger partial charge in [0.15, 0.2) is 0 Å². The van der Waals surface area contributed by atoms with Gasteiger partial charge in [-0.1, -0.05) is 23.7 Å². The zero-order valence-corrected chi connectivity index (χ0v) is 15.5. The molecule has 4 N–H and O–H groups in total. The molecule has 2 heterocycles. The molecule has 0 unspecified atom stereocenters. The highest BCUT2D eigenvalue weighted by Gasteiger charge is 2.08. The van der Waals surface area contributed by atoms with E-state index in [0.717, 1.165) is 41.2 Å². The molecule has 0 bridgehead atoms. The van der Waals surface area contributed by atoms with Gasteiger partial charge in [0.25, 0.3) is 0 Å². The number of hydrogen-bond donors (Lipinski definition) is 3. The van der Waals surface area contributed by atoms with Crippen LogP contribution in [0.5, 0.6) is 0 Å². The molecule has 0 aliphatic carbocycles. The van der Waals surface area contributed by atoms with Gasteiger partial charge < -0.3 is 16.4 Å². The minimum Gasteiger partial charge on any atom is -0.380 e. The van der Waals surface area contributed by atoms with Crippen LogP contribution in [-0.2, 0) is 6.54 Å². The maximum Gasteiger partial charge on any atom is 0.126 e. The molecule has 0 atom stereocenters. The van der Waals surface area contributed by atoms with Crippen molar-refractivity contribution < 1.29 is 4.39 Å². The van der Waals surface area contributed by atoms with E-state index in [1.807, 2.05) is 18.2 Å². The Labute approximate surface area is 162 Å². The van der Waals surface area contributed by atoms with Crippen molar-refractivity contribution in [3.8, 4) is 11.1 Å². The van der Waals surface area contributed by atoms with Gasteiger partial charge in [-0.05, 0) is 42.8 Å². The first kappa shape index (κ1) is 19.1. The smallest absolute Gasteiger partial charge is 0.126 e. The fourth-order valence-corrected chi connectivity index (χ4v) is 2.82. The van der Waals surface area contributed by atoms with Crippen molar-refractivity contribution in [1.29, 1.82) is 0 Å². The number of hydrogen-bond acceptors (Lipinski definition) is 5. The lowest BCUT2D eigenvalue weighted by molar-refractivity contribution is 0.626. The number of pyridine rings is 2. The average molecular weight is 386 g/mol. The third-order valence-corrected chi connectivity index (χ3v) is 4.28. The van der Waals surface area contributed by atoms with Crippen LogP contribution in [0.1, 0.15) is 12.0 Å². The normalized spacial score (nSPS) is 10.6.